The Labute approximate surface area is 132 Å². The fourth-order valence-electron chi connectivity index (χ4n) is 2.03. The number of hydrogen-bond acceptors (Lipinski definition) is 3. The van der Waals surface area contributed by atoms with E-state index in [0.717, 1.165) is 0 Å². The van der Waals surface area contributed by atoms with Crippen LogP contribution in [0.15, 0.2) is 65.1 Å². The molecule has 3 aromatic rings. The Kier molecular flexibility index (Phi) is 3.85. The van der Waals surface area contributed by atoms with Crippen molar-refractivity contribution in [3.05, 3.63) is 71.4 Å². The van der Waals surface area contributed by atoms with Crippen molar-refractivity contribution < 1.29 is 14.3 Å². The highest BCUT2D eigenvalue weighted by atomic mass is 35.5. The molecular formula is C17H12ClNO3. The van der Waals surface area contributed by atoms with Gasteiger partial charge in [-0.15, -0.1) is 0 Å². The number of furan rings is 1. The van der Waals surface area contributed by atoms with Crippen molar-refractivity contribution in [1.29, 1.82) is 0 Å². The number of phenolic OH excluding ortho intramolecular Hbond substituents is 1. The smallest absolute Gasteiger partial charge is 0.291 e. The van der Waals surface area contributed by atoms with Gasteiger partial charge in [0.2, 0.25) is 0 Å². The van der Waals surface area contributed by atoms with Crippen LogP contribution in [0.4, 0.5) is 5.69 Å². The molecule has 0 bridgehead atoms. The van der Waals surface area contributed by atoms with Crippen LogP contribution in [0, 0.1) is 0 Å². The van der Waals surface area contributed by atoms with Gasteiger partial charge in [0.15, 0.2) is 5.76 Å². The summed E-state index contributed by atoms with van der Waals surface area (Å²) in [6, 6.07) is 17.0. The molecule has 0 atom stereocenters. The molecule has 2 aromatic carbocycles. The molecule has 1 aromatic heterocycles. The summed E-state index contributed by atoms with van der Waals surface area (Å²) < 4.78 is 5.55. The second-order valence-corrected chi connectivity index (χ2v) is 5.02. The van der Waals surface area contributed by atoms with E-state index in [9.17, 15) is 9.90 Å². The Morgan fingerprint density at radius 2 is 1.73 bits per heavy atom. The second-order valence-electron chi connectivity index (χ2n) is 4.62. The largest absolute Gasteiger partial charge is 0.506 e. The number of benzene rings is 2. The van der Waals surface area contributed by atoms with Crippen LogP contribution in [-0.2, 0) is 0 Å². The number of hydrogen-bond donors (Lipinski definition) is 2. The number of carbonyl (C=O) groups excluding carboxylic acids is 1. The third kappa shape index (κ3) is 2.82. The van der Waals surface area contributed by atoms with Crippen molar-refractivity contribution in [2.24, 2.45) is 0 Å². The zero-order valence-corrected chi connectivity index (χ0v) is 12.2. The van der Waals surface area contributed by atoms with Gasteiger partial charge >= 0.3 is 0 Å². The van der Waals surface area contributed by atoms with Crippen molar-refractivity contribution in [2.45, 2.75) is 0 Å². The topological polar surface area (TPSA) is 62.5 Å². The molecule has 2 N–H and O–H groups in total. The van der Waals surface area contributed by atoms with Crippen molar-refractivity contribution in [3.8, 4) is 17.1 Å². The van der Waals surface area contributed by atoms with E-state index >= 15 is 0 Å². The third-order valence-corrected chi connectivity index (χ3v) is 3.45. The first-order valence-electron chi connectivity index (χ1n) is 6.59. The van der Waals surface area contributed by atoms with Gasteiger partial charge in [-0.3, -0.25) is 4.79 Å². The molecular weight excluding hydrogens is 302 g/mol. The molecule has 0 saturated carbocycles. The molecule has 110 valence electrons. The first kappa shape index (κ1) is 14.2. The molecule has 0 aliphatic carbocycles. The normalized spacial score (nSPS) is 10.4. The number of nitrogens with one attached hydrogen (secondary N) is 1. The fraction of sp³-hybridized carbons (Fsp3) is 0. The summed E-state index contributed by atoms with van der Waals surface area (Å²) in [5.74, 6) is 0.194. The average molecular weight is 314 g/mol. The fourth-order valence-corrected chi connectivity index (χ4v) is 2.26. The summed E-state index contributed by atoms with van der Waals surface area (Å²) >= 11 is 6.10. The molecule has 3 rings (SSSR count). The number of aromatic hydroxyl groups is 1. The molecule has 1 amide bonds. The second kappa shape index (κ2) is 5.95. The molecule has 0 fully saturated rings. The van der Waals surface area contributed by atoms with Gasteiger partial charge in [-0.05, 0) is 36.4 Å². The van der Waals surface area contributed by atoms with E-state index in [1.807, 2.05) is 18.2 Å². The quantitative estimate of drug-likeness (QED) is 0.697. The van der Waals surface area contributed by atoms with E-state index in [2.05, 4.69) is 5.32 Å². The van der Waals surface area contributed by atoms with Gasteiger partial charge in [0, 0.05) is 5.56 Å². The maximum Gasteiger partial charge on any atom is 0.291 e. The molecule has 0 saturated heterocycles. The van der Waals surface area contributed by atoms with Gasteiger partial charge in [-0.1, -0.05) is 35.9 Å². The van der Waals surface area contributed by atoms with E-state index < -0.39 is 5.91 Å². The molecule has 0 radical (unpaired) electrons. The predicted molar refractivity (Wildman–Crippen MR) is 85.2 cm³/mol. The first-order valence-corrected chi connectivity index (χ1v) is 6.97. The van der Waals surface area contributed by atoms with Crippen LogP contribution < -0.4 is 5.32 Å². The number of carbonyl (C=O) groups is 1. The van der Waals surface area contributed by atoms with E-state index in [1.54, 1.807) is 36.4 Å². The minimum atomic E-state index is -0.445. The van der Waals surface area contributed by atoms with E-state index in [-0.39, 0.29) is 11.5 Å². The zero-order valence-electron chi connectivity index (χ0n) is 11.4. The Hall–Kier alpha value is -2.72. The van der Waals surface area contributed by atoms with Gasteiger partial charge < -0.3 is 14.8 Å². The summed E-state index contributed by atoms with van der Waals surface area (Å²) in [6.45, 7) is 0. The predicted octanol–water partition coefficient (Wildman–Crippen LogP) is 4.56. The minimum absolute atomic E-state index is 0.00580. The van der Waals surface area contributed by atoms with Crippen LogP contribution in [0.25, 0.3) is 11.3 Å². The Morgan fingerprint density at radius 3 is 2.50 bits per heavy atom. The molecule has 22 heavy (non-hydrogen) atoms. The molecule has 4 nitrogen and oxygen atoms in total. The number of halogens is 1. The lowest BCUT2D eigenvalue weighted by molar-refractivity contribution is 0.0997. The molecule has 0 unspecified atom stereocenters. The summed E-state index contributed by atoms with van der Waals surface area (Å²) in [7, 11) is 0. The van der Waals surface area contributed by atoms with Gasteiger partial charge in [0.25, 0.3) is 5.91 Å². The zero-order chi connectivity index (χ0) is 15.5. The number of rotatable bonds is 3. The van der Waals surface area contributed by atoms with E-state index in [4.69, 9.17) is 16.0 Å². The number of anilines is 1. The van der Waals surface area contributed by atoms with Crippen LogP contribution in [0.2, 0.25) is 5.02 Å². The van der Waals surface area contributed by atoms with Gasteiger partial charge in [-0.2, -0.15) is 0 Å². The highest BCUT2D eigenvalue weighted by molar-refractivity contribution is 6.33. The average Bonchev–Trinajstić information content (AvgIpc) is 3.00. The van der Waals surface area contributed by atoms with E-state index in [0.29, 0.717) is 22.0 Å². The first-order chi connectivity index (χ1) is 10.6. The number of phenols is 1. The monoisotopic (exact) mass is 313 g/mol. The molecule has 0 aliphatic heterocycles. The third-order valence-electron chi connectivity index (χ3n) is 3.12. The summed E-state index contributed by atoms with van der Waals surface area (Å²) in [4.78, 5) is 12.1. The summed E-state index contributed by atoms with van der Waals surface area (Å²) in [6.07, 6.45) is 0. The molecule has 5 heteroatoms. The van der Waals surface area contributed by atoms with Crippen molar-refractivity contribution in [2.75, 3.05) is 5.32 Å². The summed E-state index contributed by atoms with van der Waals surface area (Å²) in [5.41, 5.74) is 1.04. The lowest BCUT2D eigenvalue weighted by Gasteiger charge is -2.05. The lowest BCUT2D eigenvalue weighted by Crippen LogP contribution is -2.10. The van der Waals surface area contributed by atoms with Crippen LogP contribution in [0.3, 0.4) is 0 Å². The maximum absolute atomic E-state index is 12.1. The Bertz CT molecular complexity index is 826. The standard InChI is InChI=1S/C17H12ClNO3/c18-12-6-2-1-5-11(12)15-9-10-16(22-15)17(21)19-13-7-3-4-8-14(13)20/h1-10,20H,(H,19,21). The van der Waals surface area contributed by atoms with Crippen LogP contribution in [0.1, 0.15) is 10.6 Å². The SMILES string of the molecule is O=C(Nc1ccccc1O)c1ccc(-c2ccccc2Cl)o1. The molecule has 0 spiro atoms. The molecule has 0 aliphatic rings. The van der Waals surface area contributed by atoms with Crippen LogP contribution >= 0.6 is 11.6 Å². The lowest BCUT2D eigenvalue weighted by atomic mass is 10.2. The van der Waals surface area contributed by atoms with Crippen LogP contribution in [0.5, 0.6) is 5.75 Å². The Morgan fingerprint density at radius 1 is 1.00 bits per heavy atom. The van der Waals surface area contributed by atoms with Gasteiger partial charge in [0.05, 0.1) is 10.7 Å². The highest BCUT2D eigenvalue weighted by Crippen LogP contribution is 2.29. The number of amides is 1. The van der Waals surface area contributed by atoms with Crippen molar-refractivity contribution >= 4 is 23.2 Å². The van der Waals surface area contributed by atoms with Crippen molar-refractivity contribution in [1.82, 2.24) is 0 Å². The Balaban J connectivity index is 1.84. The maximum atomic E-state index is 12.1. The van der Waals surface area contributed by atoms with E-state index in [1.165, 1.54) is 6.07 Å². The summed E-state index contributed by atoms with van der Waals surface area (Å²) in [5, 5.41) is 12.8. The molecule has 1 heterocycles. The number of para-hydroxylation sites is 2. The van der Waals surface area contributed by atoms with Gasteiger partial charge in [-0.25, -0.2) is 0 Å². The minimum Gasteiger partial charge on any atom is -0.506 e. The van der Waals surface area contributed by atoms with Gasteiger partial charge in [0.1, 0.15) is 11.5 Å². The van der Waals surface area contributed by atoms with Crippen LogP contribution in [-0.4, -0.2) is 11.0 Å². The van der Waals surface area contributed by atoms with Crippen molar-refractivity contribution in [3.63, 3.8) is 0 Å². The highest BCUT2D eigenvalue weighted by Gasteiger charge is 2.15.